The van der Waals surface area contributed by atoms with Gasteiger partial charge < -0.3 is 10.6 Å². The molecule has 27 heavy (non-hydrogen) atoms. The summed E-state index contributed by atoms with van der Waals surface area (Å²) in [6.07, 6.45) is 0.576. The van der Waals surface area contributed by atoms with Crippen molar-refractivity contribution in [2.45, 2.75) is 25.2 Å². The summed E-state index contributed by atoms with van der Waals surface area (Å²) >= 11 is 0. The largest absolute Gasteiger partial charge is 0.338 e. The van der Waals surface area contributed by atoms with Gasteiger partial charge in [0.15, 0.2) is 0 Å². The zero-order valence-electron chi connectivity index (χ0n) is 15.4. The smallest absolute Gasteiger partial charge is 0.314 e. The summed E-state index contributed by atoms with van der Waals surface area (Å²) in [5.41, 5.74) is 2.44. The first kappa shape index (κ1) is 20.9. The highest BCUT2D eigenvalue weighted by molar-refractivity contribution is 7.89. The molecule has 0 aliphatic heterocycles. The SMILES string of the molecule is Cc1ccc(C)c(S(=O)(=O)NCCNC(=O)NCCc2ccc(F)cc2)c1. The number of urea groups is 1. The molecule has 2 aromatic rings. The van der Waals surface area contributed by atoms with Crippen LogP contribution in [0, 0.1) is 19.7 Å². The van der Waals surface area contributed by atoms with E-state index in [0.29, 0.717) is 18.5 Å². The van der Waals surface area contributed by atoms with Gasteiger partial charge in [0.2, 0.25) is 10.0 Å². The highest BCUT2D eigenvalue weighted by Crippen LogP contribution is 2.16. The number of nitrogens with one attached hydrogen (secondary N) is 3. The summed E-state index contributed by atoms with van der Waals surface area (Å²) in [4.78, 5) is 12.0. The van der Waals surface area contributed by atoms with E-state index in [-0.39, 0.29) is 29.8 Å². The van der Waals surface area contributed by atoms with Crippen LogP contribution in [0.4, 0.5) is 9.18 Å². The van der Waals surface area contributed by atoms with E-state index in [1.807, 2.05) is 13.0 Å². The summed E-state index contributed by atoms with van der Waals surface area (Å²) in [6, 6.07) is 10.9. The molecule has 0 saturated carbocycles. The van der Waals surface area contributed by atoms with Crippen LogP contribution < -0.4 is 15.4 Å². The van der Waals surface area contributed by atoms with Crippen LogP contribution >= 0.6 is 0 Å². The number of hydrogen-bond donors (Lipinski definition) is 3. The van der Waals surface area contributed by atoms with Gasteiger partial charge in [0.1, 0.15) is 5.82 Å². The standard InChI is InChI=1S/C19H24FN3O3S/c1-14-3-4-15(2)18(13-14)27(25,26)23-12-11-22-19(24)21-10-9-16-5-7-17(20)8-6-16/h3-8,13,23H,9-12H2,1-2H3,(H2,21,22,24). The molecule has 0 heterocycles. The number of hydrogen-bond acceptors (Lipinski definition) is 3. The predicted octanol–water partition coefficient (Wildman–Crippen LogP) is 2.26. The summed E-state index contributed by atoms with van der Waals surface area (Å²) in [6.45, 7) is 4.20. The molecule has 0 saturated heterocycles. The van der Waals surface area contributed by atoms with Crippen molar-refractivity contribution in [3.8, 4) is 0 Å². The number of aryl methyl sites for hydroxylation is 2. The second-order valence-corrected chi connectivity index (χ2v) is 7.96. The Morgan fingerprint density at radius 2 is 1.63 bits per heavy atom. The van der Waals surface area contributed by atoms with E-state index >= 15 is 0 Å². The van der Waals surface area contributed by atoms with Crippen LogP contribution in [-0.2, 0) is 16.4 Å². The molecule has 2 aromatic carbocycles. The van der Waals surface area contributed by atoms with Crippen LogP contribution in [0.5, 0.6) is 0 Å². The monoisotopic (exact) mass is 393 g/mol. The first-order chi connectivity index (χ1) is 12.8. The highest BCUT2D eigenvalue weighted by atomic mass is 32.2. The molecule has 0 atom stereocenters. The Morgan fingerprint density at radius 3 is 2.33 bits per heavy atom. The van der Waals surface area contributed by atoms with Gasteiger partial charge in [-0.2, -0.15) is 0 Å². The van der Waals surface area contributed by atoms with Crippen LogP contribution in [-0.4, -0.2) is 34.1 Å². The molecule has 8 heteroatoms. The molecular formula is C19H24FN3O3S. The molecule has 0 aliphatic carbocycles. The number of carbonyl (C=O) groups excluding carboxylic acids is 1. The van der Waals surface area contributed by atoms with Crippen molar-refractivity contribution in [1.82, 2.24) is 15.4 Å². The van der Waals surface area contributed by atoms with E-state index in [2.05, 4.69) is 15.4 Å². The van der Waals surface area contributed by atoms with Crippen molar-refractivity contribution < 1.29 is 17.6 Å². The van der Waals surface area contributed by atoms with Crippen molar-refractivity contribution in [2.24, 2.45) is 0 Å². The third-order valence-corrected chi connectivity index (χ3v) is 5.55. The van der Waals surface area contributed by atoms with E-state index in [1.54, 1.807) is 31.2 Å². The van der Waals surface area contributed by atoms with E-state index in [9.17, 15) is 17.6 Å². The molecule has 0 bridgehead atoms. The quantitative estimate of drug-likeness (QED) is 0.601. The fourth-order valence-electron chi connectivity index (χ4n) is 2.47. The van der Waals surface area contributed by atoms with E-state index < -0.39 is 10.0 Å². The lowest BCUT2D eigenvalue weighted by Crippen LogP contribution is -2.41. The number of halogens is 1. The summed E-state index contributed by atoms with van der Waals surface area (Å²) in [5.74, 6) is -0.298. The van der Waals surface area contributed by atoms with Crippen LogP contribution in [0.2, 0.25) is 0 Å². The zero-order valence-corrected chi connectivity index (χ0v) is 16.2. The van der Waals surface area contributed by atoms with Gasteiger partial charge in [0.25, 0.3) is 0 Å². The van der Waals surface area contributed by atoms with Crippen molar-refractivity contribution in [2.75, 3.05) is 19.6 Å². The van der Waals surface area contributed by atoms with Gasteiger partial charge >= 0.3 is 6.03 Å². The van der Waals surface area contributed by atoms with E-state index in [0.717, 1.165) is 11.1 Å². The Balaban J connectivity index is 1.70. The van der Waals surface area contributed by atoms with Crippen molar-refractivity contribution in [3.05, 3.63) is 65.0 Å². The molecular weight excluding hydrogens is 369 g/mol. The molecule has 146 valence electrons. The molecule has 2 amide bonds. The molecule has 2 rings (SSSR count). The number of amides is 2. The van der Waals surface area contributed by atoms with Crippen molar-refractivity contribution in [1.29, 1.82) is 0 Å². The van der Waals surface area contributed by atoms with E-state index in [1.165, 1.54) is 12.1 Å². The molecule has 0 radical (unpaired) electrons. The van der Waals surface area contributed by atoms with E-state index in [4.69, 9.17) is 0 Å². The lowest BCUT2D eigenvalue weighted by atomic mass is 10.1. The number of benzene rings is 2. The molecule has 3 N–H and O–H groups in total. The Labute approximate surface area is 159 Å². The molecule has 0 spiro atoms. The minimum atomic E-state index is -3.62. The normalized spacial score (nSPS) is 11.2. The first-order valence-corrected chi connectivity index (χ1v) is 10.1. The average molecular weight is 393 g/mol. The second-order valence-electron chi connectivity index (χ2n) is 6.23. The van der Waals surface area contributed by atoms with Crippen LogP contribution in [0.3, 0.4) is 0 Å². The summed E-state index contributed by atoms with van der Waals surface area (Å²) < 4.78 is 40.0. The van der Waals surface area contributed by atoms with Gasteiger partial charge in [-0.1, -0.05) is 24.3 Å². The maximum Gasteiger partial charge on any atom is 0.314 e. The molecule has 0 unspecified atom stereocenters. The lowest BCUT2D eigenvalue weighted by Gasteiger charge is -2.11. The van der Waals surface area contributed by atoms with Gasteiger partial charge in [-0.3, -0.25) is 0 Å². The van der Waals surface area contributed by atoms with Crippen LogP contribution in [0.15, 0.2) is 47.4 Å². The van der Waals surface area contributed by atoms with Gasteiger partial charge in [-0.25, -0.2) is 22.3 Å². The lowest BCUT2D eigenvalue weighted by molar-refractivity contribution is 0.241. The maximum absolute atomic E-state index is 12.8. The Bertz CT molecular complexity index is 884. The fraction of sp³-hybridized carbons (Fsp3) is 0.316. The molecule has 6 nitrogen and oxygen atoms in total. The summed E-state index contributed by atoms with van der Waals surface area (Å²) in [7, 11) is -3.62. The second kappa shape index (κ2) is 9.48. The van der Waals surface area contributed by atoms with Gasteiger partial charge in [0.05, 0.1) is 4.90 Å². The Kier molecular flexibility index (Phi) is 7.32. The number of carbonyl (C=O) groups is 1. The van der Waals surface area contributed by atoms with Gasteiger partial charge in [0, 0.05) is 19.6 Å². The van der Waals surface area contributed by atoms with Gasteiger partial charge in [-0.05, 0) is 55.2 Å². The Hall–Kier alpha value is -2.45. The van der Waals surface area contributed by atoms with Gasteiger partial charge in [-0.15, -0.1) is 0 Å². The minimum absolute atomic E-state index is 0.0844. The number of sulfonamides is 1. The van der Waals surface area contributed by atoms with Crippen molar-refractivity contribution in [3.63, 3.8) is 0 Å². The third-order valence-electron chi connectivity index (χ3n) is 3.95. The first-order valence-electron chi connectivity index (χ1n) is 8.61. The fourth-order valence-corrected chi connectivity index (χ4v) is 3.83. The Morgan fingerprint density at radius 1 is 0.963 bits per heavy atom. The van der Waals surface area contributed by atoms with Crippen LogP contribution in [0.25, 0.3) is 0 Å². The highest BCUT2D eigenvalue weighted by Gasteiger charge is 2.16. The number of rotatable bonds is 8. The molecule has 0 aromatic heterocycles. The topological polar surface area (TPSA) is 87.3 Å². The van der Waals surface area contributed by atoms with Crippen LogP contribution in [0.1, 0.15) is 16.7 Å². The zero-order chi connectivity index (χ0) is 19.9. The predicted molar refractivity (Wildman–Crippen MR) is 103 cm³/mol. The average Bonchev–Trinajstić information content (AvgIpc) is 2.62. The molecule has 0 fully saturated rings. The minimum Gasteiger partial charge on any atom is -0.338 e. The van der Waals surface area contributed by atoms with Crippen molar-refractivity contribution >= 4 is 16.1 Å². The third kappa shape index (κ3) is 6.65. The maximum atomic E-state index is 12.8. The molecule has 0 aliphatic rings. The summed E-state index contributed by atoms with van der Waals surface area (Å²) in [5, 5.41) is 5.26.